The van der Waals surface area contributed by atoms with Gasteiger partial charge in [0, 0.05) is 51.6 Å². The predicted molar refractivity (Wildman–Crippen MR) is 69.9 cm³/mol. The number of hydrogen-bond acceptors (Lipinski definition) is 5. The molecule has 0 N–H and O–H groups in total. The molecule has 0 fully saturated rings. The first-order chi connectivity index (χ1) is 9.10. The standard InChI is InChI=1S/C14H22O5/c1-2-19-11-9-14(18)8-7-13(17)6-5-12(16)4-3-10-15/h10H,2-9,11H2,1H3. The average molecular weight is 270 g/mol. The molecule has 108 valence electrons. The Balaban J connectivity index is 3.60. The van der Waals surface area contributed by atoms with E-state index in [9.17, 15) is 19.2 Å². The van der Waals surface area contributed by atoms with Crippen molar-refractivity contribution in [2.45, 2.75) is 51.9 Å². The van der Waals surface area contributed by atoms with E-state index in [4.69, 9.17) is 4.74 Å². The fourth-order valence-electron chi connectivity index (χ4n) is 1.48. The quantitative estimate of drug-likeness (QED) is 0.376. The molecular weight excluding hydrogens is 248 g/mol. The Morgan fingerprint density at radius 2 is 1.32 bits per heavy atom. The zero-order valence-electron chi connectivity index (χ0n) is 11.5. The van der Waals surface area contributed by atoms with Gasteiger partial charge in [-0.15, -0.1) is 0 Å². The van der Waals surface area contributed by atoms with Gasteiger partial charge in [0.05, 0.1) is 6.61 Å². The minimum Gasteiger partial charge on any atom is -0.381 e. The van der Waals surface area contributed by atoms with E-state index in [1.54, 1.807) is 0 Å². The van der Waals surface area contributed by atoms with Crippen molar-refractivity contribution in [2.75, 3.05) is 13.2 Å². The highest BCUT2D eigenvalue weighted by molar-refractivity contribution is 5.89. The van der Waals surface area contributed by atoms with Crippen molar-refractivity contribution >= 4 is 23.6 Å². The largest absolute Gasteiger partial charge is 0.381 e. The molecule has 0 aliphatic rings. The van der Waals surface area contributed by atoms with Crippen LogP contribution in [0.5, 0.6) is 0 Å². The van der Waals surface area contributed by atoms with Crippen LogP contribution in [-0.4, -0.2) is 36.8 Å². The van der Waals surface area contributed by atoms with Gasteiger partial charge in [0.25, 0.3) is 0 Å². The molecule has 0 spiro atoms. The van der Waals surface area contributed by atoms with Crippen LogP contribution in [0.2, 0.25) is 0 Å². The lowest BCUT2D eigenvalue weighted by Gasteiger charge is -2.02. The highest BCUT2D eigenvalue weighted by Gasteiger charge is 2.09. The van der Waals surface area contributed by atoms with Gasteiger partial charge in [-0.25, -0.2) is 0 Å². The lowest BCUT2D eigenvalue weighted by Crippen LogP contribution is -2.09. The monoisotopic (exact) mass is 270 g/mol. The number of carbonyl (C=O) groups is 4. The second-order valence-corrected chi connectivity index (χ2v) is 4.27. The highest BCUT2D eigenvalue weighted by Crippen LogP contribution is 2.04. The van der Waals surface area contributed by atoms with Crippen LogP contribution in [0.15, 0.2) is 0 Å². The van der Waals surface area contributed by atoms with Crippen molar-refractivity contribution < 1.29 is 23.9 Å². The van der Waals surface area contributed by atoms with Gasteiger partial charge in [-0.05, 0) is 6.92 Å². The number of ether oxygens (including phenoxy) is 1. The molecule has 0 aliphatic heterocycles. The second-order valence-electron chi connectivity index (χ2n) is 4.27. The van der Waals surface area contributed by atoms with Crippen LogP contribution in [0.25, 0.3) is 0 Å². The third kappa shape index (κ3) is 11.5. The summed E-state index contributed by atoms with van der Waals surface area (Å²) in [5.41, 5.74) is 0. The number of rotatable bonds is 13. The van der Waals surface area contributed by atoms with Crippen molar-refractivity contribution in [1.29, 1.82) is 0 Å². The van der Waals surface area contributed by atoms with E-state index in [-0.39, 0.29) is 55.9 Å². The molecule has 0 bridgehead atoms. The molecule has 0 aromatic rings. The topological polar surface area (TPSA) is 77.5 Å². The van der Waals surface area contributed by atoms with Crippen LogP contribution in [0, 0.1) is 0 Å². The van der Waals surface area contributed by atoms with Gasteiger partial charge >= 0.3 is 0 Å². The first-order valence-corrected chi connectivity index (χ1v) is 6.66. The zero-order chi connectivity index (χ0) is 14.5. The number of Topliss-reactive ketones (excluding diaryl/α,β-unsaturated/α-hetero) is 3. The lowest BCUT2D eigenvalue weighted by atomic mass is 10.0. The third-order valence-corrected chi connectivity index (χ3v) is 2.64. The molecule has 0 unspecified atom stereocenters. The normalized spacial score (nSPS) is 10.2. The molecule has 0 aromatic heterocycles. The third-order valence-electron chi connectivity index (χ3n) is 2.64. The summed E-state index contributed by atoms with van der Waals surface area (Å²) in [5.74, 6) is -0.151. The fraction of sp³-hybridized carbons (Fsp3) is 0.714. The van der Waals surface area contributed by atoms with Crippen molar-refractivity contribution in [3.8, 4) is 0 Å². The van der Waals surface area contributed by atoms with Crippen LogP contribution >= 0.6 is 0 Å². The van der Waals surface area contributed by atoms with E-state index in [1.807, 2.05) is 6.92 Å². The maximum Gasteiger partial charge on any atom is 0.135 e. The van der Waals surface area contributed by atoms with Crippen molar-refractivity contribution in [3.05, 3.63) is 0 Å². The maximum atomic E-state index is 11.5. The summed E-state index contributed by atoms with van der Waals surface area (Å²) in [5, 5.41) is 0. The van der Waals surface area contributed by atoms with Gasteiger partial charge in [0.2, 0.25) is 0 Å². The number of hydrogen-bond donors (Lipinski definition) is 0. The molecule has 0 atom stereocenters. The van der Waals surface area contributed by atoms with Crippen LogP contribution in [0.3, 0.4) is 0 Å². The summed E-state index contributed by atoms with van der Waals surface area (Å²) in [6.45, 7) is 2.83. The van der Waals surface area contributed by atoms with E-state index in [2.05, 4.69) is 0 Å². The molecule has 0 aromatic carbocycles. The molecule has 0 rings (SSSR count). The Bertz CT molecular complexity index is 309. The Morgan fingerprint density at radius 1 is 0.842 bits per heavy atom. The van der Waals surface area contributed by atoms with E-state index < -0.39 is 0 Å². The van der Waals surface area contributed by atoms with E-state index in [1.165, 1.54) is 0 Å². The molecule has 5 heteroatoms. The first kappa shape index (κ1) is 17.6. The van der Waals surface area contributed by atoms with Gasteiger partial charge in [-0.1, -0.05) is 0 Å². The Hall–Kier alpha value is -1.36. The predicted octanol–water partition coefficient (Wildman–Crippen LogP) is 1.66. The van der Waals surface area contributed by atoms with Crippen molar-refractivity contribution in [1.82, 2.24) is 0 Å². The zero-order valence-corrected chi connectivity index (χ0v) is 11.5. The smallest absolute Gasteiger partial charge is 0.135 e. The van der Waals surface area contributed by atoms with Gasteiger partial charge < -0.3 is 9.53 Å². The van der Waals surface area contributed by atoms with Gasteiger partial charge in [-0.3, -0.25) is 14.4 Å². The van der Waals surface area contributed by atoms with Gasteiger partial charge in [-0.2, -0.15) is 0 Å². The molecule has 19 heavy (non-hydrogen) atoms. The van der Waals surface area contributed by atoms with Crippen LogP contribution in [-0.2, 0) is 23.9 Å². The number of ketones is 3. The minimum atomic E-state index is -0.0804. The maximum absolute atomic E-state index is 11.5. The van der Waals surface area contributed by atoms with Gasteiger partial charge in [0.15, 0.2) is 0 Å². The lowest BCUT2D eigenvalue weighted by molar-refractivity contribution is -0.126. The summed E-state index contributed by atoms with van der Waals surface area (Å²) in [6.07, 6.45) is 2.17. The Morgan fingerprint density at radius 3 is 1.79 bits per heavy atom. The van der Waals surface area contributed by atoms with Gasteiger partial charge in [0.1, 0.15) is 23.6 Å². The minimum absolute atomic E-state index is 0.00841. The van der Waals surface area contributed by atoms with Crippen LogP contribution in [0.4, 0.5) is 0 Å². The molecule has 0 amide bonds. The highest BCUT2D eigenvalue weighted by atomic mass is 16.5. The molecule has 0 saturated carbocycles. The molecule has 0 saturated heterocycles. The number of aldehydes is 1. The summed E-state index contributed by atoms with van der Waals surface area (Å²) in [6, 6.07) is 0. The average Bonchev–Trinajstić information content (AvgIpc) is 2.40. The molecular formula is C14H22O5. The van der Waals surface area contributed by atoms with E-state index in [0.29, 0.717) is 25.9 Å². The molecule has 5 nitrogen and oxygen atoms in total. The Labute approximate surface area is 113 Å². The Kier molecular flexibility index (Phi) is 10.9. The summed E-state index contributed by atoms with van der Waals surface area (Å²) >= 11 is 0. The second kappa shape index (κ2) is 11.7. The summed E-state index contributed by atoms with van der Waals surface area (Å²) in [4.78, 5) is 44.1. The molecule has 0 radical (unpaired) electrons. The summed E-state index contributed by atoms with van der Waals surface area (Å²) in [7, 11) is 0. The van der Waals surface area contributed by atoms with Crippen LogP contribution < -0.4 is 0 Å². The molecule has 0 aliphatic carbocycles. The van der Waals surface area contributed by atoms with E-state index >= 15 is 0 Å². The number of carbonyl (C=O) groups excluding carboxylic acids is 4. The fourth-order valence-corrected chi connectivity index (χ4v) is 1.48. The SMILES string of the molecule is CCOCCC(=O)CCC(=O)CCC(=O)CCC=O. The van der Waals surface area contributed by atoms with E-state index in [0.717, 1.165) is 0 Å². The van der Waals surface area contributed by atoms with Crippen LogP contribution in [0.1, 0.15) is 51.9 Å². The summed E-state index contributed by atoms with van der Waals surface area (Å²) < 4.78 is 5.05. The molecule has 0 heterocycles. The first-order valence-electron chi connectivity index (χ1n) is 6.66. The van der Waals surface area contributed by atoms with Crippen molar-refractivity contribution in [3.63, 3.8) is 0 Å². The van der Waals surface area contributed by atoms with Crippen molar-refractivity contribution in [2.24, 2.45) is 0 Å².